The van der Waals surface area contributed by atoms with Crippen molar-refractivity contribution >= 4 is 5.97 Å². The van der Waals surface area contributed by atoms with Crippen molar-refractivity contribution in [3.8, 4) is 0 Å². The van der Waals surface area contributed by atoms with Crippen molar-refractivity contribution in [1.29, 1.82) is 0 Å². The average Bonchev–Trinajstić information content (AvgIpc) is 2.65. The normalized spacial score (nSPS) is 10.1. The van der Waals surface area contributed by atoms with E-state index in [4.69, 9.17) is 0 Å². The van der Waals surface area contributed by atoms with Gasteiger partial charge in [-0.25, -0.2) is 0 Å². The number of hydrogen-bond acceptors (Lipinski definition) is 5. The van der Waals surface area contributed by atoms with Gasteiger partial charge in [-0.3, -0.25) is 9.48 Å². The monoisotopic (exact) mass is 198 g/mol. The van der Waals surface area contributed by atoms with E-state index < -0.39 is 0 Å². The molecular weight excluding hydrogens is 184 g/mol. The van der Waals surface area contributed by atoms with Crippen LogP contribution < -0.4 is 5.32 Å². The Balaban J connectivity index is 2.27. The van der Waals surface area contributed by atoms with Crippen LogP contribution in [-0.2, 0) is 22.6 Å². The summed E-state index contributed by atoms with van der Waals surface area (Å²) in [4.78, 5) is 10.7. The molecule has 78 valence electrons. The third-order valence-corrected chi connectivity index (χ3v) is 1.71. The van der Waals surface area contributed by atoms with Crippen LogP contribution in [0.1, 0.15) is 12.6 Å². The van der Waals surface area contributed by atoms with Crippen LogP contribution in [0.15, 0.2) is 6.20 Å². The van der Waals surface area contributed by atoms with E-state index >= 15 is 0 Å². The fourth-order valence-corrected chi connectivity index (χ4v) is 0.939. The maximum absolute atomic E-state index is 10.7. The first kappa shape index (κ1) is 10.6. The number of esters is 1. The van der Waals surface area contributed by atoms with Crippen molar-refractivity contribution in [3.63, 3.8) is 0 Å². The molecule has 0 aliphatic rings. The zero-order valence-electron chi connectivity index (χ0n) is 8.36. The summed E-state index contributed by atoms with van der Waals surface area (Å²) in [7, 11) is 1.36. The van der Waals surface area contributed by atoms with Crippen molar-refractivity contribution in [3.05, 3.63) is 11.9 Å². The molecule has 0 aliphatic heterocycles. The van der Waals surface area contributed by atoms with E-state index in [1.54, 1.807) is 4.68 Å². The van der Waals surface area contributed by atoms with Crippen LogP contribution in [-0.4, -0.2) is 34.6 Å². The summed E-state index contributed by atoms with van der Waals surface area (Å²) in [5.41, 5.74) is 0.816. The van der Waals surface area contributed by atoms with Gasteiger partial charge in [-0.2, -0.15) is 0 Å². The summed E-state index contributed by atoms with van der Waals surface area (Å²) in [5, 5.41) is 10.7. The molecular formula is C8H14N4O2. The number of nitrogens with zero attached hydrogens (tertiary/aromatic N) is 3. The van der Waals surface area contributed by atoms with Crippen LogP contribution in [0.2, 0.25) is 0 Å². The fourth-order valence-electron chi connectivity index (χ4n) is 0.939. The quantitative estimate of drug-likeness (QED) is 0.649. The van der Waals surface area contributed by atoms with Crippen molar-refractivity contribution in [2.45, 2.75) is 20.0 Å². The van der Waals surface area contributed by atoms with Gasteiger partial charge in [0.15, 0.2) is 0 Å². The Morgan fingerprint density at radius 2 is 2.50 bits per heavy atom. The maximum Gasteiger partial charge on any atom is 0.319 e. The van der Waals surface area contributed by atoms with Crippen LogP contribution in [0, 0.1) is 0 Å². The molecule has 0 saturated heterocycles. The second kappa shape index (κ2) is 5.33. The van der Waals surface area contributed by atoms with E-state index in [2.05, 4.69) is 20.4 Å². The van der Waals surface area contributed by atoms with E-state index in [0.717, 1.165) is 12.2 Å². The summed E-state index contributed by atoms with van der Waals surface area (Å²) in [5.74, 6) is -0.284. The van der Waals surface area contributed by atoms with Crippen molar-refractivity contribution in [2.75, 3.05) is 13.7 Å². The molecule has 1 aromatic rings. The average molecular weight is 198 g/mol. The number of nitrogens with one attached hydrogen (secondary N) is 1. The molecule has 0 amide bonds. The minimum Gasteiger partial charge on any atom is -0.468 e. The molecule has 0 aliphatic carbocycles. The molecule has 0 unspecified atom stereocenters. The lowest BCUT2D eigenvalue weighted by atomic mass is 10.4. The molecule has 0 spiro atoms. The lowest BCUT2D eigenvalue weighted by Crippen LogP contribution is -2.23. The maximum atomic E-state index is 10.7. The van der Waals surface area contributed by atoms with Gasteiger partial charge < -0.3 is 10.1 Å². The number of aromatic nitrogens is 3. The van der Waals surface area contributed by atoms with E-state index in [9.17, 15) is 4.79 Å². The molecule has 1 aromatic heterocycles. The third-order valence-electron chi connectivity index (χ3n) is 1.71. The molecule has 0 fully saturated rings. The van der Waals surface area contributed by atoms with Crippen LogP contribution in [0.3, 0.4) is 0 Å². The van der Waals surface area contributed by atoms with Gasteiger partial charge in [0, 0.05) is 19.3 Å². The van der Waals surface area contributed by atoms with Crippen molar-refractivity contribution < 1.29 is 9.53 Å². The molecule has 0 saturated carbocycles. The van der Waals surface area contributed by atoms with Crippen LogP contribution in [0.4, 0.5) is 0 Å². The molecule has 0 bridgehead atoms. The molecule has 0 atom stereocenters. The fraction of sp³-hybridized carbons (Fsp3) is 0.625. The number of hydrogen-bond donors (Lipinski definition) is 1. The Hall–Kier alpha value is -1.43. The Morgan fingerprint density at radius 3 is 3.07 bits per heavy atom. The summed E-state index contributed by atoms with van der Waals surface area (Å²) in [6.45, 7) is 3.49. The molecule has 0 aromatic carbocycles. The number of ether oxygens (including phenoxy) is 1. The number of carbonyl (C=O) groups is 1. The van der Waals surface area contributed by atoms with Crippen LogP contribution >= 0.6 is 0 Å². The van der Waals surface area contributed by atoms with Gasteiger partial charge in [-0.1, -0.05) is 5.21 Å². The first-order chi connectivity index (χ1) is 6.76. The molecule has 1 N–H and O–H groups in total. The molecule has 6 nitrogen and oxygen atoms in total. The third kappa shape index (κ3) is 3.14. The predicted octanol–water partition coefficient (Wildman–Crippen LogP) is -0.439. The SMILES string of the molecule is CCn1cc(CNCC(=O)OC)nn1. The van der Waals surface area contributed by atoms with E-state index in [0.29, 0.717) is 6.54 Å². The van der Waals surface area contributed by atoms with E-state index in [1.165, 1.54) is 7.11 Å². The van der Waals surface area contributed by atoms with Gasteiger partial charge in [-0.05, 0) is 6.92 Å². The van der Waals surface area contributed by atoms with Crippen molar-refractivity contribution in [1.82, 2.24) is 20.3 Å². The summed E-state index contributed by atoms with van der Waals surface area (Å²) in [6, 6.07) is 0. The Labute approximate surface area is 82.2 Å². The Kier molecular flexibility index (Phi) is 4.06. The second-order valence-electron chi connectivity index (χ2n) is 2.75. The lowest BCUT2D eigenvalue weighted by molar-refractivity contribution is -0.139. The highest BCUT2D eigenvalue weighted by molar-refractivity contribution is 5.71. The minimum atomic E-state index is -0.284. The summed E-state index contributed by atoms with van der Waals surface area (Å²) >= 11 is 0. The van der Waals surface area contributed by atoms with Gasteiger partial charge >= 0.3 is 5.97 Å². The van der Waals surface area contributed by atoms with E-state index in [-0.39, 0.29) is 12.5 Å². The molecule has 14 heavy (non-hydrogen) atoms. The highest BCUT2D eigenvalue weighted by Gasteiger charge is 2.01. The topological polar surface area (TPSA) is 69.0 Å². The Morgan fingerprint density at radius 1 is 1.71 bits per heavy atom. The van der Waals surface area contributed by atoms with Crippen LogP contribution in [0.5, 0.6) is 0 Å². The summed E-state index contributed by atoms with van der Waals surface area (Å²) < 4.78 is 6.20. The molecule has 0 radical (unpaired) electrons. The number of rotatable bonds is 5. The largest absolute Gasteiger partial charge is 0.468 e. The summed E-state index contributed by atoms with van der Waals surface area (Å²) in [6.07, 6.45) is 1.84. The zero-order chi connectivity index (χ0) is 10.4. The molecule has 1 rings (SSSR count). The Bertz CT molecular complexity index is 297. The smallest absolute Gasteiger partial charge is 0.319 e. The number of methoxy groups -OCH3 is 1. The minimum absolute atomic E-state index is 0.190. The molecule has 1 heterocycles. The van der Waals surface area contributed by atoms with Gasteiger partial charge in [-0.15, -0.1) is 5.10 Å². The molecule has 6 heteroatoms. The highest BCUT2D eigenvalue weighted by Crippen LogP contribution is 1.91. The second-order valence-corrected chi connectivity index (χ2v) is 2.75. The number of aryl methyl sites for hydroxylation is 1. The first-order valence-electron chi connectivity index (χ1n) is 4.42. The van der Waals surface area contributed by atoms with Crippen LogP contribution in [0.25, 0.3) is 0 Å². The predicted molar refractivity (Wildman–Crippen MR) is 49.4 cm³/mol. The highest BCUT2D eigenvalue weighted by atomic mass is 16.5. The lowest BCUT2D eigenvalue weighted by Gasteiger charge is -1.99. The van der Waals surface area contributed by atoms with Crippen molar-refractivity contribution in [2.24, 2.45) is 0 Å². The van der Waals surface area contributed by atoms with E-state index in [1.807, 2.05) is 13.1 Å². The van der Waals surface area contributed by atoms with Gasteiger partial charge in [0.1, 0.15) is 0 Å². The number of carbonyl (C=O) groups excluding carboxylic acids is 1. The zero-order valence-corrected chi connectivity index (χ0v) is 8.36. The van der Waals surface area contributed by atoms with Gasteiger partial charge in [0.05, 0.1) is 19.3 Å². The van der Waals surface area contributed by atoms with Gasteiger partial charge in [0.25, 0.3) is 0 Å². The standard InChI is InChI=1S/C8H14N4O2/c1-3-12-6-7(10-11-12)4-9-5-8(13)14-2/h6,9H,3-5H2,1-2H3. The van der Waals surface area contributed by atoms with Gasteiger partial charge in [0.2, 0.25) is 0 Å². The first-order valence-corrected chi connectivity index (χ1v) is 4.42.